The molecule has 0 bridgehead atoms. The van der Waals surface area contributed by atoms with E-state index in [4.69, 9.17) is 16.3 Å². The number of aryl methyl sites for hydroxylation is 2. The van der Waals surface area contributed by atoms with Crippen LogP contribution in [0, 0.1) is 29.9 Å². The molecular weight excluding hydrogens is 620 g/mol. The number of benzene rings is 3. The van der Waals surface area contributed by atoms with Crippen molar-refractivity contribution in [3.05, 3.63) is 92.5 Å². The SMILES string of the molecule is CC[C@@H](C(=O)NCC(C)C)N(Cc1ccccc1C)C(=O)CN(c1cc(Cl)ccc1OC)S(=O)(=O)c1ccc(C)c([N+](=O)[O-])c1. The average Bonchev–Trinajstić information content (AvgIpc) is 2.99. The second-order valence-corrected chi connectivity index (χ2v) is 13.3. The van der Waals surface area contributed by atoms with Gasteiger partial charge in [0.1, 0.15) is 18.3 Å². The van der Waals surface area contributed by atoms with Crippen LogP contribution in [0.15, 0.2) is 65.6 Å². The Balaban J connectivity index is 2.19. The molecule has 0 heterocycles. The monoisotopic (exact) mass is 658 g/mol. The zero-order valence-corrected chi connectivity index (χ0v) is 27.8. The number of methoxy groups -OCH3 is 1. The summed E-state index contributed by atoms with van der Waals surface area (Å²) in [6.45, 7) is 8.74. The Kier molecular flexibility index (Phi) is 11.9. The molecule has 0 unspecified atom stereocenters. The normalized spacial score (nSPS) is 12.0. The van der Waals surface area contributed by atoms with Crippen LogP contribution in [-0.4, -0.2) is 56.3 Å². The molecule has 2 amide bonds. The minimum absolute atomic E-state index is 0.0374. The molecule has 0 saturated carbocycles. The minimum Gasteiger partial charge on any atom is -0.495 e. The van der Waals surface area contributed by atoms with E-state index < -0.39 is 44.0 Å². The Hall–Kier alpha value is -4.16. The van der Waals surface area contributed by atoms with Crippen LogP contribution in [-0.2, 0) is 26.2 Å². The Morgan fingerprint density at radius 2 is 1.73 bits per heavy atom. The number of hydrogen-bond donors (Lipinski definition) is 1. The molecule has 0 aliphatic carbocycles. The third kappa shape index (κ3) is 8.52. The smallest absolute Gasteiger partial charge is 0.273 e. The van der Waals surface area contributed by atoms with E-state index in [1.54, 1.807) is 6.92 Å². The molecule has 242 valence electrons. The van der Waals surface area contributed by atoms with Gasteiger partial charge in [-0.15, -0.1) is 0 Å². The lowest BCUT2D eigenvalue weighted by Crippen LogP contribution is -2.52. The minimum atomic E-state index is -4.62. The van der Waals surface area contributed by atoms with Gasteiger partial charge < -0.3 is 15.0 Å². The van der Waals surface area contributed by atoms with Crippen molar-refractivity contribution in [1.82, 2.24) is 10.2 Å². The first kappa shape index (κ1) is 35.3. The fourth-order valence-corrected chi connectivity index (χ4v) is 6.36. The van der Waals surface area contributed by atoms with E-state index in [9.17, 15) is 28.1 Å². The van der Waals surface area contributed by atoms with E-state index in [-0.39, 0.29) is 46.8 Å². The fraction of sp³-hybridized carbons (Fsp3) is 0.375. The largest absolute Gasteiger partial charge is 0.495 e. The highest BCUT2D eigenvalue weighted by Gasteiger charge is 2.35. The molecular formula is C32H39ClN4O7S. The number of carbonyl (C=O) groups excluding carboxylic acids is 2. The number of rotatable bonds is 14. The van der Waals surface area contributed by atoms with Gasteiger partial charge in [0, 0.05) is 29.7 Å². The van der Waals surface area contributed by atoms with Gasteiger partial charge in [-0.05, 0) is 61.6 Å². The summed E-state index contributed by atoms with van der Waals surface area (Å²) in [5.74, 6) is -0.764. The van der Waals surface area contributed by atoms with Crippen molar-refractivity contribution in [1.29, 1.82) is 0 Å². The van der Waals surface area contributed by atoms with E-state index in [0.29, 0.717) is 6.54 Å². The lowest BCUT2D eigenvalue weighted by atomic mass is 10.1. The molecule has 3 aromatic carbocycles. The first-order valence-corrected chi connectivity index (χ1v) is 16.3. The van der Waals surface area contributed by atoms with Gasteiger partial charge in [0.15, 0.2) is 0 Å². The Labute approximate surface area is 269 Å². The molecule has 0 aromatic heterocycles. The molecule has 0 radical (unpaired) electrons. The number of nitrogens with one attached hydrogen (secondary N) is 1. The second-order valence-electron chi connectivity index (χ2n) is 11.0. The van der Waals surface area contributed by atoms with Crippen LogP contribution in [0.25, 0.3) is 0 Å². The highest BCUT2D eigenvalue weighted by Crippen LogP contribution is 2.36. The van der Waals surface area contributed by atoms with E-state index in [0.717, 1.165) is 21.5 Å². The van der Waals surface area contributed by atoms with E-state index in [2.05, 4.69) is 5.32 Å². The van der Waals surface area contributed by atoms with Gasteiger partial charge in [-0.2, -0.15) is 0 Å². The maximum absolute atomic E-state index is 14.3. The summed E-state index contributed by atoms with van der Waals surface area (Å²) in [6, 6.07) is 14.3. The molecule has 0 saturated heterocycles. The summed E-state index contributed by atoms with van der Waals surface area (Å²) >= 11 is 6.29. The van der Waals surface area contributed by atoms with E-state index in [1.165, 1.54) is 49.3 Å². The van der Waals surface area contributed by atoms with Gasteiger partial charge in [-0.3, -0.25) is 24.0 Å². The molecule has 13 heteroatoms. The van der Waals surface area contributed by atoms with Crippen LogP contribution in [0.4, 0.5) is 11.4 Å². The van der Waals surface area contributed by atoms with Gasteiger partial charge in [0.2, 0.25) is 11.8 Å². The lowest BCUT2D eigenvalue weighted by Gasteiger charge is -2.34. The molecule has 1 atom stereocenters. The number of hydrogen-bond acceptors (Lipinski definition) is 7. The van der Waals surface area contributed by atoms with Crippen molar-refractivity contribution >= 4 is 44.8 Å². The second kappa shape index (κ2) is 15.2. The van der Waals surface area contributed by atoms with Crippen molar-refractivity contribution in [2.24, 2.45) is 5.92 Å². The maximum Gasteiger partial charge on any atom is 0.273 e. The number of nitrogens with zero attached hydrogens (tertiary/aromatic N) is 3. The lowest BCUT2D eigenvalue weighted by molar-refractivity contribution is -0.385. The third-order valence-corrected chi connectivity index (χ3v) is 9.32. The molecule has 0 fully saturated rings. The molecule has 1 N–H and O–H groups in total. The van der Waals surface area contributed by atoms with Crippen molar-refractivity contribution in [3.8, 4) is 5.75 Å². The predicted molar refractivity (Wildman–Crippen MR) is 174 cm³/mol. The van der Waals surface area contributed by atoms with Gasteiger partial charge in [0.25, 0.3) is 15.7 Å². The Morgan fingerprint density at radius 1 is 1.04 bits per heavy atom. The fourth-order valence-electron chi connectivity index (χ4n) is 4.76. The topological polar surface area (TPSA) is 139 Å². The number of sulfonamides is 1. The van der Waals surface area contributed by atoms with Crippen LogP contribution in [0.2, 0.25) is 5.02 Å². The van der Waals surface area contributed by atoms with Crippen molar-refractivity contribution in [2.45, 2.75) is 58.5 Å². The summed E-state index contributed by atoms with van der Waals surface area (Å²) < 4.78 is 34.8. The first-order valence-electron chi connectivity index (χ1n) is 14.4. The molecule has 0 aliphatic heterocycles. The third-order valence-electron chi connectivity index (χ3n) is 7.33. The Morgan fingerprint density at radius 3 is 2.33 bits per heavy atom. The first-order chi connectivity index (χ1) is 21.2. The predicted octanol–water partition coefficient (Wildman–Crippen LogP) is 5.65. The average molecular weight is 659 g/mol. The van der Waals surface area contributed by atoms with Crippen LogP contribution in [0.5, 0.6) is 5.75 Å². The molecule has 0 aliphatic rings. The van der Waals surface area contributed by atoms with Crippen molar-refractivity contribution in [2.75, 3.05) is 24.5 Å². The van der Waals surface area contributed by atoms with Crippen LogP contribution >= 0.6 is 11.6 Å². The number of nitro groups is 1. The summed E-state index contributed by atoms with van der Waals surface area (Å²) in [5.41, 5.74) is 1.50. The number of amides is 2. The number of carbonyl (C=O) groups is 2. The van der Waals surface area contributed by atoms with Gasteiger partial charge in [-0.1, -0.05) is 62.7 Å². The highest BCUT2D eigenvalue weighted by molar-refractivity contribution is 7.92. The summed E-state index contributed by atoms with van der Waals surface area (Å²) in [7, 11) is -3.28. The summed E-state index contributed by atoms with van der Waals surface area (Å²) in [4.78, 5) is 39.7. The maximum atomic E-state index is 14.3. The zero-order chi connectivity index (χ0) is 33.5. The number of anilines is 1. The van der Waals surface area contributed by atoms with E-state index >= 15 is 0 Å². The van der Waals surface area contributed by atoms with E-state index in [1.807, 2.05) is 45.0 Å². The summed E-state index contributed by atoms with van der Waals surface area (Å²) in [6.07, 6.45) is 0.263. The molecule has 3 rings (SSSR count). The van der Waals surface area contributed by atoms with Crippen LogP contribution in [0.3, 0.4) is 0 Å². The van der Waals surface area contributed by atoms with Gasteiger partial charge >= 0.3 is 0 Å². The quantitative estimate of drug-likeness (QED) is 0.174. The number of nitro benzene ring substituents is 1. The molecule has 0 spiro atoms. The standard InChI is InChI=1S/C32H39ClN4O7S/c1-7-27(32(39)34-18-21(2)3)35(19-24-11-9-8-10-22(24)4)31(38)20-36(29-16-25(33)13-15-30(29)44-6)45(42,43)26-14-12-23(5)28(17-26)37(40)41/h8-17,21,27H,7,18-20H2,1-6H3,(H,34,39)/t27-/m0/s1. The van der Waals surface area contributed by atoms with Gasteiger partial charge in [0.05, 0.1) is 22.6 Å². The molecule has 11 nitrogen and oxygen atoms in total. The van der Waals surface area contributed by atoms with Crippen molar-refractivity contribution < 1.29 is 27.7 Å². The van der Waals surface area contributed by atoms with Gasteiger partial charge in [-0.25, -0.2) is 8.42 Å². The molecule has 45 heavy (non-hydrogen) atoms. The molecule has 3 aromatic rings. The highest BCUT2D eigenvalue weighted by atomic mass is 35.5. The van der Waals surface area contributed by atoms with Crippen LogP contribution < -0.4 is 14.4 Å². The number of halogens is 1. The Bertz CT molecular complexity index is 1660. The zero-order valence-electron chi connectivity index (χ0n) is 26.2. The van der Waals surface area contributed by atoms with Crippen LogP contribution in [0.1, 0.15) is 43.9 Å². The summed E-state index contributed by atoms with van der Waals surface area (Å²) in [5, 5.41) is 14.7. The van der Waals surface area contributed by atoms with Crippen molar-refractivity contribution in [3.63, 3.8) is 0 Å². The number of ether oxygens (including phenoxy) is 1.